The van der Waals surface area contributed by atoms with Crippen molar-refractivity contribution >= 4 is 0 Å². The van der Waals surface area contributed by atoms with Crippen molar-refractivity contribution < 1.29 is 9.13 Å². The first-order valence-electron chi connectivity index (χ1n) is 6.82. The highest BCUT2D eigenvalue weighted by molar-refractivity contribution is 5.30. The van der Waals surface area contributed by atoms with Gasteiger partial charge in [-0.15, -0.1) is 0 Å². The number of nitriles is 1. The standard InChI is InChI=1S/C16H20FNO/c1-12-5-7-16(11-18,8-6-12)10-13-3-4-15(19-2)14(17)9-13/h3-4,9,12H,5-8,10H2,1-2H3. The lowest BCUT2D eigenvalue weighted by atomic mass is 9.69. The maximum atomic E-state index is 13.7. The highest BCUT2D eigenvalue weighted by atomic mass is 19.1. The fourth-order valence-corrected chi connectivity index (χ4v) is 2.85. The van der Waals surface area contributed by atoms with Crippen LogP contribution in [0, 0.1) is 28.5 Å². The molecule has 0 amide bonds. The number of ether oxygens (including phenoxy) is 1. The van der Waals surface area contributed by atoms with Crippen LogP contribution in [0.25, 0.3) is 0 Å². The minimum Gasteiger partial charge on any atom is -0.494 e. The van der Waals surface area contributed by atoms with Gasteiger partial charge in [0.25, 0.3) is 0 Å². The quantitative estimate of drug-likeness (QED) is 0.820. The van der Waals surface area contributed by atoms with E-state index in [0.717, 1.165) is 31.2 Å². The van der Waals surface area contributed by atoms with Crippen LogP contribution in [0.3, 0.4) is 0 Å². The van der Waals surface area contributed by atoms with Crippen LogP contribution < -0.4 is 4.74 Å². The molecule has 0 atom stereocenters. The number of nitrogens with zero attached hydrogens (tertiary/aromatic N) is 1. The summed E-state index contributed by atoms with van der Waals surface area (Å²) in [5, 5.41) is 9.49. The third-order valence-corrected chi connectivity index (χ3v) is 4.23. The van der Waals surface area contributed by atoms with Crippen LogP contribution in [0.4, 0.5) is 4.39 Å². The molecule has 1 saturated carbocycles. The first-order valence-corrected chi connectivity index (χ1v) is 6.82. The van der Waals surface area contributed by atoms with Crippen LogP contribution in [0.1, 0.15) is 38.2 Å². The van der Waals surface area contributed by atoms with E-state index in [4.69, 9.17) is 4.74 Å². The molecule has 1 aliphatic carbocycles. The SMILES string of the molecule is COc1ccc(CC2(C#N)CCC(C)CC2)cc1F. The number of methoxy groups -OCH3 is 1. The van der Waals surface area contributed by atoms with Crippen LogP contribution >= 0.6 is 0 Å². The molecule has 3 heteroatoms. The van der Waals surface area contributed by atoms with Crippen molar-refractivity contribution in [1.29, 1.82) is 5.26 Å². The number of halogens is 1. The molecule has 19 heavy (non-hydrogen) atoms. The first-order chi connectivity index (χ1) is 9.08. The van der Waals surface area contributed by atoms with E-state index in [0.29, 0.717) is 12.3 Å². The molecule has 0 aromatic heterocycles. The van der Waals surface area contributed by atoms with Gasteiger partial charge in [0.05, 0.1) is 18.6 Å². The van der Waals surface area contributed by atoms with Gasteiger partial charge in [0.1, 0.15) is 0 Å². The molecule has 0 spiro atoms. The maximum absolute atomic E-state index is 13.7. The molecule has 0 bridgehead atoms. The van der Waals surface area contributed by atoms with Crippen LogP contribution in [0.2, 0.25) is 0 Å². The second-order valence-electron chi connectivity index (χ2n) is 5.72. The van der Waals surface area contributed by atoms with Gasteiger partial charge in [-0.3, -0.25) is 0 Å². The topological polar surface area (TPSA) is 33.0 Å². The van der Waals surface area contributed by atoms with E-state index in [2.05, 4.69) is 13.0 Å². The van der Waals surface area contributed by atoms with E-state index in [-0.39, 0.29) is 17.0 Å². The predicted molar refractivity (Wildman–Crippen MR) is 72.3 cm³/mol. The summed E-state index contributed by atoms with van der Waals surface area (Å²) in [7, 11) is 1.46. The Morgan fingerprint density at radius 3 is 2.63 bits per heavy atom. The zero-order valence-corrected chi connectivity index (χ0v) is 11.6. The van der Waals surface area contributed by atoms with E-state index >= 15 is 0 Å². The number of hydrogen-bond donors (Lipinski definition) is 0. The summed E-state index contributed by atoms with van der Waals surface area (Å²) in [4.78, 5) is 0. The highest BCUT2D eigenvalue weighted by Crippen LogP contribution is 2.41. The molecular formula is C16H20FNO. The summed E-state index contributed by atoms with van der Waals surface area (Å²) in [5.41, 5.74) is 0.572. The summed E-state index contributed by atoms with van der Waals surface area (Å²) in [6.45, 7) is 2.23. The van der Waals surface area contributed by atoms with Gasteiger partial charge in [-0.2, -0.15) is 5.26 Å². The Balaban J connectivity index is 2.15. The average Bonchev–Trinajstić information content (AvgIpc) is 2.42. The second kappa shape index (κ2) is 5.61. The van der Waals surface area contributed by atoms with E-state index in [1.165, 1.54) is 13.2 Å². The van der Waals surface area contributed by atoms with Gasteiger partial charge in [0.15, 0.2) is 11.6 Å². The monoisotopic (exact) mass is 261 g/mol. The van der Waals surface area contributed by atoms with Crippen LogP contribution in [0.15, 0.2) is 18.2 Å². The molecule has 1 aliphatic rings. The highest BCUT2D eigenvalue weighted by Gasteiger charge is 2.34. The second-order valence-corrected chi connectivity index (χ2v) is 5.72. The van der Waals surface area contributed by atoms with E-state index in [1.54, 1.807) is 6.07 Å². The minimum absolute atomic E-state index is 0.257. The third kappa shape index (κ3) is 3.07. The van der Waals surface area contributed by atoms with Crippen LogP contribution in [0.5, 0.6) is 5.75 Å². The molecule has 102 valence electrons. The van der Waals surface area contributed by atoms with Crippen molar-refractivity contribution in [2.75, 3.05) is 7.11 Å². The number of benzene rings is 1. The maximum Gasteiger partial charge on any atom is 0.165 e. The Hall–Kier alpha value is -1.56. The van der Waals surface area contributed by atoms with Crippen molar-refractivity contribution in [3.8, 4) is 11.8 Å². The summed E-state index contributed by atoms with van der Waals surface area (Å²) in [6.07, 6.45) is 4.64. The van der Waals surface area contributed by atoms with Gasteiger partial charge in [0.2, 0.25) is 0 Å². The number of rotatable bonds is 3. The smallest absolute Gasteiger partial charge is 0.165 e. The van der Waals surface area contributed by atoms with Crippen molar-refractivity contribution in [2.45, 2.75) is 39.0 Å². The first kappa shape index (κ1) is 13.9. The molecule has 1 aromatic rings. The lowest BCUT2D eigenvalue weighted by molar-refractivity contribution is 0.218. The fraction of sp³-hybridized carbons (Fsp3) is 0.562. The normalized spacial score (nSPS) is 26.7. The van der Waals surface area contributed by atoms with Crippen molar-refractivity contribution in [2.24, 2.45) is 11.3 Å². The van der Waals surface area contributed by atoms with Gasteiger partial charge in [-0.05, 0) is 55.7 Å². The van der Waals surface area contributed by atoms with Gasteiger partial charge in [-0.1, -0.05) is 13.0 Å². The Morgan fingerprint density at radius 2 is 2.11 bits per heavy atom. The summed E-state index contributed by atoms with van der Waals surface area (Å²) in [6, 6.07) is 7.48. The van der Waals surface area contributed by atoms with E-state index in [9.17, 15) is 9.65 Å². The Morgan fingerprint density at radius 1 is 1.42 bits per heavy atom. The number of hydrogen-bond acceptors (Lipinski definition) is 2. The molecule has 0 saturated heterocycles. The summed E-state index contributed by atoms with van der Waals surface area (Å²) >= 11 is 0. The fourth-order valence-electron chi connectivity index (χ4n) is 2.85. The molecule has 0 unspecified atom stereocenters. The van der Waals surface area contributed by atoms with Crippen molar-refractivity contribution in [3.63, 3.8) is 0 Å². The lowest BCUT2D eigenvalue weighted by Crippen LogP contribution is -2.27. The zero-order chi connectivity index (χ0) is 13.9. The molecular weight excluding hydrogens is 241 g/mol. The van der Waals surface area contributed by atoms with Gasteiger partial charge in [-0.25, -0.2) is 4.39 Å². The lowest BCUT2D eigenvalue weighted by Gasteiger charge is -2.33. The third-order valence-electron chi connectivity index (χ3n) is 4.23. The molecule has 0 heterocycles. The van der Waals surface area contributed by atoms with E-state index in [1.807, 2.05) is 6.07 Å². The van der Waals surface area contributed by atoms with Crippen LogP contribution in [-0.2, 0) is 6.42 Å². The van der Waals surface area contributed by atoms with Crippen molar-refractivity contribution in [3.05, 3.63) is 29.6 Å². The van der Waals surface area contributed by atoms with Gasteiger partial charge < -0.3 is 4.74 Å². The molecule has 0 N–H and O–H groups in total. The van der Waals surface area contributed by atoms with Gasteiger partial charge in [0, 0.05) is 0 Å². The Kier molecular flexibility index (Phi) is 4.09. The summed E-state index contributed by atoms with van der Waals surface area (Å²) < 4.78 is 18.6. The van der Waals surface area contributed by atoms with Crippen molar-refractivity contribution in [1.82, 2.24) is 0 Å². The average molecular weight is 261 g/mol. The molecule has 1 aromatic carbocycles. The Labute approximate surface area is 114 Å². The molecule has 2 nitrogen and oxygen atoms in total. The predicted octanol–water partition coefficient (Wildman–Crippen LogP) is 4.10. The molecule has 0 radical (unpaired) electrons. The summed E-state index contributed by atoms with van der Waals surface area (Å²) in [5.74, 6) is 0.610. The van der Waals surface area contributed by atoms with Gasteiger partial charge >= 0.3 is 0 Å². The Bertz CT molecular complexity index is 484. The molecule has 0 aliphatic heterocycles. The molecule has 2 rings (SSSR count). The molecule has 1 fully saturated rings. The largest absolute Gasteiger partial charge is 0.494 e. The van der Waals surface area contributed by atoms with Crippen LogP contribution in [-0.4, -0.2) is 7.11 Å². The zero-order valence-electron chi connectivity index (χ0n) is 11.6. The minimum atomic E-state index is -0.350. The van der Waals surface area contributed by atoms with E-state index < -0.39 is 0 Å².